The Morgan fingerprint density at radius 3 is 2.65 bits per heavy atom. The number of ether oxygens (including phenoxy) is 1. The number of anilines is 1. The Morgan fingerprint density at radius 1 is 1.15 bits per heavy atom. The van der Waals surface area contributed by atoms with Crippen molar-refractivity contribution in [3.05, 3.63) is 68.5 Å². The van der Waals surface area contributed by atoms with E-state index in [1.807, 2.05) is 6.92 Å². The topological polar surface area (TPSA) is 68.5 Å². The molecular formula is C19H15Cl2NO4. The van der Waals surface area contributed by atoms with Crippen molar-refractivity contribution >= 4 is 45.8 Å². The lowest BCUT2D eigenvalue weighted by atomic mass is 10.1. The van der Waals surface area contributed by atoms with Crippen LogP contribution in [0.1, 0.15) is 12.5 Å². The molecule has 3 rings (SSSR count). The molecule has 1 N–H and O–H groups in total. The number of nitrogens with one attached hydrogen (secondary N) is 1. The van der Waals surface area contributed by atoms with Crippen LogP contribution >= 0.6 is 23.2 Å². The zero-order chi connectivity index (χ0) is 18.8. The van der Waals surface area contributed by atoms with Crippen molar-refractivity contribution in [1.29, 1.82) is 0 Å². The minimum absolute atomic E-state index is 0.334. The largest absolute Gasteiger partial charge is 0.481 e. The maximum absolute atomic E-state index is 12.3. The molecule has 0 aliphatic rings. The smallest absolute Gasteiger partial charge is 0.336 e. The molecule has 0 saturated heterocycles. The second-order valence-corrected chi connectivity index (χ2v) is 6.62. The Bertz CT molecular complexity index is 1050. The minimum atomic E-state index is -0.796. The van der Waals surface area contributed by atoms with Crippen molar-refractivity contribution < 1.29 is 13.9 Å². The van der Waals surface area contributed by atoms with E-state index in [-0.39, 0.29) is 5.91 Å². The highest BCUT2D eigenvalue weighted by molar-refractivity contribution is 6.36. The molecule has 5 nitrogen and oxygen atoms in total. The van der Waals surface area contributed by atoms with Gasteiger partial charge in [-0.1, -0.05) is 23.2 Å². The average Bonchev–Trinajstić information content (AvgIpc) is 2.56. The van der Waals surface area contributed by atoms with Crippen molar-refractivity contribution in [3.63, 3.8) is 0 Å². The molecular weight excluding hydrogens is 377 g/mol. The number of halogens is 2. The number of benzene rings is 2. The monoisotopic (exact) mass is 391 g/mol. The van der Waals surface area contributed by atoms with E-state index in [9.17, 15) is 9.59 Å². The van der Waals surface area contributed by atoms with Gasteiger partial charge in [-0.2, -0.15) is 0 Å². The van der Waals surface area contributed by atoms with E-state index >= 15 is 0 Å². The first-order chi connectivity index (χ1) is 12.3. The molecule has 26 heavy (non-hydrogen) atoms. The van der Waals surface area contributed by atoms with Crippen LogP contribution in [0.2, 0.25) is 10.0 Å². The van der Waals surface area contributed by atoms with Crippen molar-refractivity contribution in [1.82, 2.24) is 0 Å². The van der Waals surface area contributed by atoms with Crippen molar-refractivity contribution in [2.24, 2.45) is 0 Å². The van der Waals surface area contributed by atoms with Gasteiger partial charge in [0.15, 0.2) is 6.10 Å². The van der Waals surface area contributed by atoms with Gasteiger partial charge < -0.3 is 14.5 Å². The molecule has 1 amide bonds. The standard InChI is InChI=1S/C19H15Cl2NO4/c1-10-7-18(23)26-17-9-13(4-5-14(10)17)25-11(2)19(24)22-16-6-3-12(20)8-15(16)21/h3-9,11H,1-2H3,(H,22,24)/t11-/m0/s1. The van der Waals surface area contributed by atoms with E-state index in [1.165, 1.54) is 12.1 Å². The average molecular weight is 392 g/mol. The molecule has 0 aliphatic heterocycles. The van der Waals surface area contributed by atoms with Crippen molar-refractivity contribution in [2.75, 3.05) is 5.32 Å². The lowest BCUT2D eigenvalue weighted by molar-refractivity contribution is -0.122. The highest BCUT2D eigenvalue weighted by atomic mass is 35.5. The van der Waals surface area contributed by atoms with Gasteiger partial charge in [-0.15, -0.1) is 0 Å². The fraction of sp³-hybridized carbons (Fsp3) is 0.158. The molecule has 1 aromatic heterocycles. The van der Waals surface area contributed by atoms with Crippen molar-refractivity contribution in [3.8, 4) is 5.75 Å². The molecule has 1 atom stereocenters. The summed E-state index contributed by atoms with van der Waals surface area (Å²) in [6, 6.07) is 11.3. The quantitative estimate of drug-likeness (QED) is 0.647. The maximum atomic E-state index is 12.3. The van der Waals surface area contributed by atoms with Crippen LogP contribution < -0.4 is 15.7 Å². The molecule has 3 aromatic rings. The van der Waals surface area contributed by atoms with Crippen LogP contribution in [0.25, 0.3) is 11.0 Å². The lowest BCUT2D eigenvalue weighted by Crippen LogP contribution is -2.30. The molecule has 0 bridgehead atoms. The van der Waals surface area contributed by atoms with Crippen LogP contribution in [0, 0.1) is 6.92 Å². The van der Waals surface area contributed by atoms with Gasteiger partial charge in [0.25, 0.3) is 5.91 Å². The maximum Gasteiger partial charge on any atom is 0.336 e. The molecule has 7 heteroatoms. The summed E-state index contributed by atoms with van der Waals surface area (Å²) in [5.74, 6) is 0.0381. The second kappa shape index (κ2) is 7.40. The van der Waals surface area contributed by atoms with Gasteiger partial charge in [-0.05, 0) is 49.7 Å². The van der Waals surface area contributed by atoms with Crippen LogP contribution in [0.4, 0.5) is 5.69 Å². The van der Waals surface area contributed by atoms with Crippen LogP contribution in [-0.2, 0) is 4.79 Å². The summed E-state index contributed by atoms with van der Waals surface area (Å²) in [6.07, 6.45) is -0.796. The zero-order valence-corrected chi connectivity index (χ0v) is 15.5. The predicted octanol–water partition coefficient (Wildman–Crippen LogP) is 4.81. The molecule has 0 radical (unpaired) electrons. The van der Waals surface area contributed by atoms with Crippen LogP contribution in [0.5, 0.6) is 5.75 Å². The first kappa shape index (κ1) is 18.3. The van der Waals surface area contributed by atoms with Gasteiger partial charge in [0.05, 0.1) is 10.7 Å². The number of aryl methyl sites for hydroxylation is 1. The van der Waals surface area contributed by atoms with Gasteiger partial charge in [-0.25, -0.2) is 4.79 Å². The summed E-state index contributed by atoms with van der Waals surface area (Å²) in [5, 5.41) is 4.30. The number of fused-ring (bicyclic) bond motifs is 1. The van der Waals surface area contributed by atoms with E-state index in [4.69, 9.17) is 32.4 Å². The van der Waals surface area contributed by atoms with Crippen LogP contribution in [0.15, 0.2) is 51.7 Å². The Morgan fingerprint density at radius 2 is 1.92 bits per heavy atom. The lowest BCUT2D eigenvalue weighted by Gasteiger charge is -2.15. The Labute approximate surface area is 159 Å². The van der Waals surface area contributed by atoms with Gasteiger partial charge >= 0.3 is 5.63 Å². The molecule has 134 valence electrons. The van der Waals surface area contributed by atoms with Gasteiger partial charge in [0, 0.05) is 22.5 Å². The number of amides is 1. The number of hydrogen-bond donors (Lipinski definition) is 1. The third kappa shape index (κ3) is 4.00. The summed E-state index contributed by atoms with van der Waals surface area (Å²) in [5.41, 5.74) is 1.22. The Kier molecular flexibility index (Phi) is 5.20. The van der Waals surface area contributed by atoms with E-state index in [2.05, 4.69) is 5.32 Å². The summed E-state index contributed by atoms with van der Waals surface area (Å²) in [4.78, 5) is 23.8. The van der Waals surface area contributed by atoms with Crippen molar-refractivity contribution in [2.45, 2.75) is 20.0 Å². The van der Waals surface area contributed by atoms with E-state index in [0.717, 1.165) is 10.9 Å². The molecule has 0 aliphatic carbocycles. The molecule has 0 fully saturated rings. The summed E-state index contributed by atoms with van der Waals surface area (Å²) in [7, 11) is 0. The van der Waals surface area contributed by atoms with Gasteiger partial charge in [0.2, 0.25) is 0 Å². The fourth-order valence-electron chi connectivity index (χ4n) is 2.46. The summed E-state index contributed by atoms with van der Waals surface area (Å²) >= 11 is 11.9. The van der Waals surface area contributed by atoms with Gasteiger partial charge in [0.1, 0.15) is 11.3 Å². The molecule has 0 unspecified atom stereocenters. The van der Waals surface area contributed by atoms with Crippen LogP contribution in [0.3, 0.4) is 0 Å². The molecule has 0 saturated carbocycles. The first-order valence-electron chi connectivity index (χ1n) is 7.80. The predicted molar refractivity (Wildman–Crippen MR) is 102 cm³/mol. The number of rotatable bonds is 4. The minimum Gasteiger partial charge on any atom is -0.481 e. The third-order valence-electron chi connectivity index (χ3n) is 3.79. The summed E-state index contributed by atoms with van der Waals surface area (Å²) < 4.78 is 10.8. The number of carbonyl (C=O) groups is 1. The first-order valence-corrected chi connectivity index (χ1v) is 8.56. The Balaban J connectivity index is 1.76. The zero-order valence-electron chi connectivity index (χ0n) is 14.0. The van der Waals surface area contributed by atoms with Gasteiger partial charge in [-0.3, -0.25) is 4.79 Å². The second-order valence-electron chi connectivity index (χ2n) is 5.78. The van der Waals surface area contributed by atoms with E-state index < -0.39 is 11.7 Å². The SMILES string of the molecule is Cc1cc(=O)oc2cc(O[C@@H](C)C(=O)Nc3ccc(Cl)cc3Cl)ccc12. The van der Waals surface area contributed by atoms with E-state index in [0.29, 0.717) is 27.1 Å². The number of carbonyl (C=O) groups excluding carboxylic acids is 1. The summed E-state index contributed by atoms with van der Waals surface area (Å²) in [6.45, 7) is 3.43. The van der Waals surface area contributed by atoms with Crippen LogP contribution in [-0.4, -0.2) is 12.0 Å². The normalized spacial score (nSPS) is 12.0. The van der Waals surface area contributed by atoms with E-state index in [1.54, 1.807) is 37.3 Å². The Hall–Kier alpha value is -2.50. The number of hydrogen-bond acceptors (Lipinski definition) is 4. The highest BCUT2D eigenvalue weighted by Crippen LogP contribution is 2.26. The molecule has 1 heterocycles. The molecule has 0 spiro atoms. The highest BCUT2D eigenvalue weighted by Gasteiger charge is 2.17. The third-order valence-corrected chi connectivity index (χ3v) is 4.34. The molecule has 2 aromatic carbocycles. The fourth-order valence-corrected chi connectivity index (χ4v) is 2.92.